The van der Waals surface area contributed by atoms with E-state index >= 15 is 0 Å². The first-order chi connectivity index (χ1) is 6.79. The molecule has 0 heterocycles. The molecule has 1 aromatic carbocycles. The predicted molar refractivity (Wildman–Crippen MR) is 54.3 cm³/mol. The number of hydrogen-bond donors (Lipinski definition) is 1. The van der Waals surface area contributed by atoms with E-state index in [9.17, 15) is 4.79 Å². The van der Waals surface area contributed by atoms with Crippen LogP contribution in [0.15, 0.2) is 24.3 Å². The highest BCUT2D eigenvalue weighted by molar-refractivity contribution is 5.94. The summed E-state index contributed by atoms with van der Waals surface area (Å²) in [4.78, 5) is 11.4. The van der Waals surface area contributed by atoms with Crippen molar-refractivity contribution in [3.8, 4) is 5.75 Å². The van der Waals surface area contributed by atoms with Gasteiger partial charge in [0, 0.05) is 11.6 Å². The molecule has 0 unspecified atom stereocenters. The number of amides is 1. The number of methoxy groups -OCH3 is 1. The fourth-order valence-corrected chi connectivity index (χ4v) is 1.26. The average Bonchev–Trinajstić information content (AvgIpc) is 3.02. The molecule has 2 rings (SSSR count). The highest BCUT2D eigenvalue weighted by Crippen LogP contribution is 2.30. The minimum Gasteiger partial charge on any atom is -0.497 e. The largest absolute Gasteiger partial charge is 0.497 e. The third-order valence-electron chi connectivity index (χ3n) is 2.31. The standard InChI is InChI=1S/C11H13NO2/c1-14-10-6-4-9(5-7-10)12-11(13)8-2-3-8/h4-8H,2-3H2,1H3,(H,12,13). The van der Waals surface area contributed by atoms with Crippen molar-refractivity contribution in [2.75, 3.05) is 12.4 Å². The summed E-state index contributed by atoms with van der Waals surface area (Å²) in [6.07, 6.45) is 2.06. The van der Waals surface area contributed by atoms with Gasteiger partial charge in [-0.05, 0) is 37.1 Å². The van der Waals surface area contributed by atoms with Gasteiger partial charge in [0.2, 0.25) is 5.91 Å². The van der Waals surface area contributed by atoms with Crippen LogP contribution in [-0.4, -0.2) is 13.0 Å². The second kappa shape index (κ2) is 3.70. The summed E-state index contributed by atoms with van der Waals surface area (Å²) in [7, 11) is 1.62. The Labute approximate surface area is 83.1 Å². The Hall–Kier alpha value is -1.51. The number of ether oxygens (including phenoxy) is 1. The second-order valence-electron chi connectivity index (χ2n) is 3.49. The Kier molecular flexibility index (Phi) is 2.39. The van der Waals surface area contributed by atoms with Crippen LogP contribution in [0.5, 0.6) is 5.75 Å². The van der Waals surface area contributed by atoms with Gasteiger partial charge in [-0.2, -0.15) is 0 Å². The quantitative estimate of drug-likeness (QED) is 0.794. The van der Waals surface area contributed by atoms with Gasteiger partial charge in [-0.1, -0.05) is 0 Å². The van der Waals surface area contributed by atoms with Crippen molar-refractivity contribution in [1.29, 1.82) is 0 Å². The van der Waals surface area contributed by atoms with E-state index in [0.29, 0.717) is 0 Å². The third-order valence-corrected chi connectivity index (χ3v) is 2.31. The molecule has 0 bridgehead atoms. The maximum Gasteiger partial charge on any atom is 0.227 e. The summed E-state index contributed by atoms with van der Waals surface area (Å²) in [6.45, 7) is 0. The van der Waals surface area contributed by atoms with Crippen molar-refractivity contribution in [3.05, 3.63) is 24.3 Å². The first kappa shape index (κ1) is 9.06. The van der Waals surface area contributed by atoms with Crippen LogP contribution < -0.4 is 10.1 Å². The summed E-state index contributed by atoms with van der Waals surface area (Å²) in [5, 5.41) is 2.86. The van der Waals surface area contributed by atoms with Crippen LogP contribution in [-0.2, 0) is 4.79 Å². The highest BCUT2D eigenvalue weighted by Gasteiger charge is 2.29. The summed E-state index contributed by atoms with van der Waals surface area (Å²) in [5.41, 5.74) is 0.836. The van der Waals surface area contributed by atoms with Crippen molar-refractivity contribution in [3.63, 3.8) is 0 Å². The maximum atomic E-state index is 11.4. The average molecular weight is 191 g/mol. The van der Waals surface area contributed by atoms with Crippen LogP contribution in [0, 0.1) is 5.92 Å². The van der Waals surface area contributed by atoms with Gasteiger partial charge in [0.25, 0.3) is 0 Å². The van der Waals surface area contributed by atoms with E-state index in [1.54, 1.807) is 7.11 Å². The van der Waals surface area contributed by atoms with Gasteiger partial charge in [-0.25, -0.2) is 0 Å². The Balaban J connectivity index is 1.98. The predicted octanol–water partition coefficient (Wildman–Crippen LogP) is 2.04. The number of benzene rings is 1. The van der Waals surface area contributed by atoms with Crippen LogP contribution >= 0.6 is 0 Å². The molecule has 1 N–H and O–H groups in total. The monoisotopic (exact) mass is 191 g/mol. The normalized spacial score (nSPS) is 14.9. The fraction of sp³-hybridized carbons (Fsp3) is 0.364. The van der Waals surface area contributed by atoms with Crippen molar-refractivity contribution < 1.29 is 9.53 Å². The molecule has 1 amide bonds. The highest BCUT2D eigenvalue weighted by atomic mass is 16.5. The number of anilines is 1. The van der Waals surface area contributed by atoms with Gasteiger partial charge >= 0.3 is 0 Å². The SMILES string of the molecule is COc1ccc(NC(=O)C2CC2)cc1. The lowest BCUT2D eigenvalue weighted by molar-refractivity contribution is -0.117. The zero-order chi connectivity index (χ0) is 9.97. The molecule has 0 aliphatic heterocycles. The summed E-state index contributed by atoms with van der Waals surface area (Å²) < 4.78 is 5.02. The maximum absolute atomic E-state index is 11.4. The zero-order valence-corrected chi connectivity index (χ0v) is 8.12. The number of carbonyl (C=O) groups is 1. The molecule has 1 aromatic rings. The van der Waals surface area contributed by atoms with E-state index in [1.165, 1.54) is 0 Å². The van der Waals surface area contributed by atoms with E-state index in [4.69, 9.17) is 4.74 Å². The molecule has 1 fully saturated rings. The summed E-state index contributed by atoms with van der Waals surface area (Å²) in [6, 6.07) is 7.36. The molecule has 0 radical (unpaired) electrons. The van der Waals surface area contributed by atoms with Gasteiger partial charge < -0.3 is 10.1 Å². The van der Waals surface area contributed by atoms with E-state index in [-0.39, 0.29) is 11.8 Å². The molecule has 0 saturated heterocycles. The molecule has 1 aliphatic rings. The summed E-state index contributed by atoms with van der Waals surface area (Å²) >= 11 is 0. The minimum absolute atomic E-state index is 0.134. The Morgan fingerprint density at radius 2 is 2.00 bits per heavy atom. The van der Waals surface area contributed by atoms with Crippen LogP contribution in [0.4, 0.5) is 5.69 Å². The van der Waals surface area contributed by atoms with E-state index in [0.717, 1.165) is 24.3 Å². The van der Waals surface area contributed by atoms with Gasteiger partial charge in [-0.15, -0.1) is 0 Å². The number of nitrogens with one attached hydrogen (secondary N) is 1. The molecule has 14 heavy (non-hydrogen) atoms. The zero-order valence-electron chi connectivity index (χ0n) is 8.12. The van der Waals surface area contributed by atoms with Crippen molar-refractivity contribution in [1.82, 2.24) is 0 Å². The van der Waals surface area contributed by atoms with E-state index < -0.39 is 0 Å². The van der Waals surface area contributed by atoms with E-state index in [1.807, 2.05) is 24.3 Å². The van der Waals surface area contributed by atoms with Crippen molar-refractivity contribution in [2.45, 2.75) is 12.8 Å². The van der Waals surface area contributed by atoms with Gasteiger partial charge in [-0.3, -0.25) is 4.79 Å². The molecule has 0 spiro atoms. The Morgan fingerprint density at radius 1 is 1.36 bits per heavy atom. The molecule has 1 aliphatic carbocycles. The van der Waals surface area contributed by atoms with Crippen molar-refractivity contribution >= 4 is 11.6 Å². The third kappa shape index (κ3) is 2.05. The molecular weight excluding hydrogens is 178 g/mol. The molecular formula is C11H13NO2. The lowest BCUT2D eigenvalue weighted by Crippen LogP contribution is -2.12. The molecule has 74 valence electrons. The van der Waals surface area contributed by atoms with Gasteiger partial charge in [0.1, 0.15) is 5.75 Å². The number of carbonyl (C=O) groups excluding carboxylic acids is 1. The molecule has 3 nitrogen and oxygen atoms in total. The Morgan fingerprint density at radius 3 is 2.50 bits per heavy atom. The molecule has 0 aromatic heterocycles. The first-order valence-electron chi connectivity index (χ1n) is 4.74. The first-order valence-corrected chi connectivity index (χ1v) is 4.74. The molecule has 0 atom stereocenters. The lowest BCUT2D eigenvalue weighted by atomic mass is 10.3. The van der Waals surface area contributed by atoms with Crippen LogP contribution in [0.3, 0.4) is 0 Å². The van der Waals surface area contributed by atoms with Gasteiger partial charge in [0.15, 0.2) is 0 Å². The Bertz CT molecular complexity index is 328. The minimum atomic E-state index is 0.134. The lowest BCUT2D eigenvalue weighted by Gasteiger charge is -2.04. The van der Waals surface area contributed by atoms with E-state index in [2.05, 4.69) is 5.32 Å². The topological polar surface area (TPSA) is 38.3 Å². The fourth-order valence-electron chi connectivity index (χ4n) is 1.26. The number of rotatable bonds is 3. The van der Waals surface area contributed by atoms with Gasteiger partial charge in [0.05, 0.1) is 7.11 Å². The van der Waals surface area contributed by atoms with Crippen molar-refractivity contribution in [2.24, 2.45) is 5.92 Å². The number of hydrogen-bond acceptors (Lipinski definition) is 2. The molecule has 3 heteroatoms. The van der Waals surface area contributed by atoms with Crippen LogP contribution in [0.25, 0.3) is 0 Å². The smallest absolute Gasteiger partial charge is 0.227 e. The van der Waals surface area contributed by atoms with Crippen LogP contribution in [0.2, 0.25) is 0 Å². The molecule has 1 saturated carbocycles. The second-order valence-corrected chi connectivity index (χ2v) is 3.49. The van der Waals surface area contributed by atoms with Crippen LogP contribution in [0.1, 0.15) is 12.8 Å². The summed E-state index contributed by atoms with van der Waals surface area (Å²) in [5.74, 6) is 1.18.